The van der Waals surface area contributed by atoms with Crippen LogP contribution in [0.1, 0.15) is 53.5 Å². The number of anilines is 1. The van der Waals surface area contributed by atoms with Gasteiger partial charge < -0.3 is 25.2 Å². The van der Waals surface area contributed by atoms with Crippen molar-refractivity contribution in [3.05, 3.63) is 83.0 Å². The number of benzene rings is 2. The number of carbonyl (C=O) groups excluding carboxylic acids is 2. The summed E-state index contributed by atoms with van der Waals surface area (Å²) in [6.07, 6.45) is 7.08. The van der Waals surface area contributed by atoms with Crippen molar-refractivity contribution in [2.45, 2.75) is 32.0 Å². The minimum Gasteiger partial charge on any atom is -0.497 e. The minimum absolute atomic E-state index is 0.0927. The van der Waals surface area contributed by atoms with E-state index < -0.39 is 0 Å². The van der Waals surface area contributed by atoms with Gasteiger partial charge in [0.15, 0.2) is 0 Å². The van der Waals surface area contributed by atoms with Gasteiger partial charge in [-0.25, -0.2) is 0 Å². The number of carbonyl (C=O) groups is 2. The van der Waals surface area contributed by atoms with Gasteiger partial charge in [0.05, 0.1) is 24.4 Å². The van der Waals surface area contributed by atoms with Gasteiger partial charge in [0, 0.05) is 18.7 Å². The molecule has 7 heteroatoms. The normalized spacial score (nSPS) is 19.5. The summed E-state index contributed by atoms with van der Waals surface area (Å²) >= 11 is 0. The van der Waals surface area contributed by atoms with Crippen molar-refractivity contribution in [1.29, 1.82) is 0 Å². The first-order valence-corrected chi connectivity index (χ1v) is 12.1. The molecule has 2 atom stereocenters. The van der Waals surface area contributed by atoms with Crippen LogP contribution in [0.3, 0.4) is 0 Å². The molecule has 2 aliphatic rings. The predicted molar refractivity (Wildman–Crippen MR) is 139 cm³/mol. The lowest BCUT2D eigenvalue weighted by Gasteiger charge is -2.45. The number of ether oxygens (including phenoxy) is 1. The molecule has 0 aromatic heterocycles. The molecule has 184 valence electrons. The van der Waals surface area contributed by atoms with Crippen molar-refractivity contribution in [2.75, 3.05) is 39.2 Å². The van der Waals surface area contributed by atoms with E-state index in [9.17, 15) is 9.59 Å². The maximum Gasteiger partial charge on any atom is 0.255 e. The molecule has 0 spiro atoms. The number of para-hydroxylation sites is 1. The van der Waals surface area contributed by atoms with Crippen molar-refractivity contribution < 1.29 is 14.3 Å². The zero-order valence-corrected chi connectivity index (χ0v) is 20.9. The first kappa shape index (κ1) is 24.5. The highest BCUT2D eigenvalue weighted by atomic mass is 16.5. The van der Waals surface area contributed by atoms with Crippen LogP contribution in [0.5, 0.6) is 5.75 Å². The van der Waals surface area contributed by atoms with E-state index in [1.165, 1.54) is 0 Å². The molecule has 2 heterocycles. The molecule has 2 aromatic carbocycles. The van der Waals surface area contributed by atoms with Crippen molar-refractivity contribution in [1.82, 2.24) is 15.5 Å². The predicted octanol–water partition coefficient (Wildman–Crippen LogP) is 3.96. The maximum atomic E-state index is 13.2. The molecule has 0 fully saturated rings. The van der Waals surface area contributed by atoms with E-state index in [0.717, 1.165) is 42.0 Å². The fourth-order valence-corrected chi connectivity index (χ4v) is 4.71. The number of rotatable bonds is 8. The summed E-state index contributed by atoms with van der Waals surface area (Å²) in [5, 5.41) is 6.38. The van der Waals surface area contributed by atoms with Gasteiger partial charge in [-0.1, -0.05) is 49.4 Å². The molecule has 0 radical (unpaired) electrons. The maximum absolute atomic E-state index is 13.2. The number of hydrogen-bond acceptors (Lipinski definition) is 5. The number of likely N-dealkylation sites (N-methyl/N-ethyl adjacent to an activating group) is 1. The van der Waals surface area contributed by atoms with Gasteiger partial charge in [-0.2, -0.15) is 0 Å². The van der Waals surface area contributed by atoms with E-state index in [0.29, 0.717) is 17.7 Å². The van der Waals surface area contributed by atoms with Gasteiger partial charge in [0.1, 0.15) is 11.9 Å². The average Bonchev–Trinajstić information content (AvgIpc) is 2.86. The number of hydrogen-bond donors (Lipinski definition) is 2. The molecule has 2 N–H and O–H groups in total. The lowest BCUT2D eigenvalue weighted by atomic mass is 9.89. The SMILES string of the molecule is CC/C=C(\C=C/CN(C)C)C(=O)NC1CCN2c3c(cccc31)C(=O)NC2c1ccc(OC)cc1. The number of amides is 2. The molecule has 0 saturated carbocycles. The largest absolute Gasteiger partial charge is 0.497 e. The average molecular weight is 475 g/mol. The Morgan fingerprint density at radius 2 is 2.00 bits per heavy atom. The van der Waals surface area contributed by atoms with Gasteiger partial charge in [-0.3, -0.25) is 9.59 Å². The molecule has 0 saturated heterocycles. The fraction of sp³-hybridized carbons (Fsp3) is 0.357. The smallest absolute Gasteiger partial charge is 0.255 e. The van der Waals surface area contributed by atoms with E-state index in [4.69, 9.17) is 4.74 Å². The van der Waals surface area contributed by atoms with Crippen LogP contribution in [0.15, 0.2) is 66.3 Å². The van der Waals surface area contributed by atoms with Crippen LogP contribution in [0.25, 0.3) is 0 Å². The van der Waals surface area contributed by atoms with Gasteiger partial charge in [-0.05, 0) is 56.3 Å². The van der Waals surface area contributed by atoms with E-state index >= 15 is 0 Å². The highest BCUT2D eigenvalue weighted by molar-refractivity contribution is 6.03. The Labute approximate surface area is 207 Å². The van der Waals surface area contributed by atoms with E-state index in [2.05, 4.69) is 15.5 Å². The summed E-state index contributed by atoms with van der Waals surface area (Å²) in [7, 11) is 5.63. The Kier molecular flexibility index (Phi) is 7.56. The third-order valence-electron chi connectivity index (χ3n) is 6.40. The first-order chi connectivity index (χ1) is 16.9. The van der Waals surface area contributed by atoms with Crippen molar-refractivity contribution in [3.63, 3.8) is 0 Å². The van der Waals surface area contributed by atoms with Gasteiger partial charge >= 0.3 is 0 Å². The molecule has 0 aliphatic carbocycles. The minimum atomic E-state index is -0.275. The van der Waals surface area contributed by atoms with Crippen LogP contribution in [0, 0.1) is 0 Å². The Morgan fingerprint density at radius 3 is 2.69 bits per heavy atom. The lowest BCUT2D eigenvalue weighted by molar-refractivity contribution is -0.118. The molecule has 2 aromatic rings. The topological polar surface area (TPSA) is 73.9 Å². The van der Waals surface area contributed by atoms with Gasteiger partial charge in [0.25, 0.3) is 11.8 Å². The third-order valence-corrected chi connectivity index (χ3v) is 6.40. The summed E-state index contributed by atoms with van der Waals surface area (Å²) in [5.41, 5.74) is 4.17. The van der Waals surface area contributed by atoms with E-state index in [1.54, 1.807) is 7.11 Å². The van der Waals surface area contributed by atoms with Crippen molar-refractivity contribution in [2.24, 2.45) is 0 Å². The molecule has 2 aliphatic heterocycles. The number of nitrogens with one attached hydrogen (secondary N) is 2. The zero-order valence-electron chi connectivity index (χ0n) is 20.9. The highest BCUT2D eigenvalue weighted by Gasteiger charge is 2.38. The monoisotopic (exact) mass is 474 g/mol. The van der Waals surface area contributed by atoms with Crippen LogP contribution in [-0.4, -0.2) is 51.0 Å². The highest BCUT2D eigenvalue weighted by Crippen LogP contribution is 2.43. The molecule has 4 rings (SSSR count). The van der Waals surface area contributed by atoms with Crippen LogP contribution < -0.4 is 20.3 Å². The fourth-order valence-electron chi connectivity index (χ4n) is 4.71. The Hall–Kier alpha value is -3.58. The molecule has 2 amide bonds. The Morgan fingerprint density at radius 1 is 1.23 bits per heavy atom. The van der Waals surface area contributed by atoms with Crippen molar-refractivity contribution >= 4 is 17.5 Å². The van der Waals surface area contributed by atoms with Crippen LogP contribution in [0.4, 0.5) is 5.69 Å². The third kappa shape index (κ3) is 5.25. The van der Waals surface area contributed by atoms with Gasteiger partial charge in [0.2, 0.25) is 0 Å². The zero-order chi connectivity index (χ0) is 24.9. The molecular weight excluding hydrogens is 440 g/mol. The number of methoxy groups -OCH3 is 1. The van der Waals surface area contributed by atoms with Gasteiger partial charge in [-0.15, -0.1) is 0 Å². The van der Waals surface area contributed by atoms with Crippen LogP contribution in [-0.2, 0) is 4.79 Å². The quantitative estimate of drug-likeness (QED) is 0.448. The summed E-state index contributed by atoms with van der Waals surface area (Å²) < 4.78 is 5.29. The van der Waals surface area contributed by atoms with E-state index in [-0.39, 0.29) is 24.0 Å². The Bertz CT molecular complexity index is 1140. The molecule has 2 unspecified atom stereocenters. The van der Waals surface area contributed by atoms with E-state index in [1.807, 2.05) is 86.6 Å². The summed E-state index contributed by atoms with van der Waals surface area (Å²) in [4.78, 5) is 30.5. The number of nitrogens with zero attached hydrogens (tertiary/aromatic N) is 2. The molecule has 7 nitrogen and oxygen atoms in total. The molecule has 0 bridgehead atoms. The standard InChI is InChI=1S/C28H34N4O3/c1-5-8-20(9-7-17-31(2)3)27(33)29-24-16-18-32-25-22(24)10-6-11-23(25)28(34)30-26(32)19-12-14-21(35-4)15-13-19/h6-15,24,26H,5,16-18H2,1-4H3,(H,29,33)(H,30,34)/b9-7-,20-8+. The molecule has 35 heavy (non-hydrogen) atoms. The van der Waals surface area contributed by atoms with Crippen molar-refractivity contribution in [3.8, 4) is 5.75 Å². The summed E-state index contributed by atoms with van der Waals surface area (Å²) in [6, 6.07) is 13.4. The lowest BCUT2D eigenvalue weighted by Crippen LogP contribution is -2.50. The number of allylic oxidation sites excluding steroid dienone is 1. The van der Waals surface area contributed by atoms with Crippen LogP contribution in [0.2, 0.25) is 0 Å². The second-order valence-corrected chi connectivity index (χ2v) is 9.13. The molecular formula is C28H34N4O3. The second-order valence-electron chi connectivity index (χ2n) is 9.13. The first-order valence-electron chi connectivity index (χ1n) is 12.1. The summed E-state index contributed by atoms with van der Waals surface area (Å²) in [6.45, 7) is 3.49. The second kappa shape index (κ2) is 10.8. The summed E-state index contributed by atoms with van der Waals surface area (Å²) in [5.74, 6) is 0.572. The van der Waals surface area contributed by atoms with Crippen LogP contribution >= 0.6 is 0 Å². The Balaban J connectivity index is 1.61.